The number of benzene rings is 2. The molecular formula is C25H26FN3O2. The summed E-state index contributed by atoms with van der Waals surface area (Å²) in [5.41, 5.74) is 3.03. The Kier molecular flexibility index (Phi) is 6.39. The standard InChI is InChI=1S/C25H26FN3O2/c1-27-24(30)25(15-19-7-9-21(10-8-19)22-5-3-11-28-16-22)18-29(12-13-31-25)17-20-4-2-6-23(26)14-20/h2-11,14,16H,12-13,15,17-18H2,1H3,(H,27,30). The lowest BCUT2D eigenvalue weighted by Crippen LogP contribution is -2.60. The van der Waals surface area contributed by atoms with E-state index >= 15 is 0 Å². The molecule has 4 rings (SSSR count). The monoisotopic (exact) mass is 419 g/mol. The first kappa shape index (κ1) is 21.2. The lowest BCUT2D eigenvalue weighted by atomic mass is 9.90. The van der Waals surface area contributed by atoms with Crippen molar-refractivity contribution in [3.05, 3.63) is 90.0 Å². The first-order chi connectivity index (χ1) is 15.1. The average Bonchev–Trinajstić information content (AvgIpc) is 2.80. The van der Waals surface area contributed by atoms with Gasteiger partial charge in [-0.1, -0.05) is 42.5 Å². The zero-order chi connectivity index (χ0) is 21.7. The van der Waals surface area contributed by atoms with Crippen molar-refractivity contribution in [1.82, 2.24) is 15.2 Å². The summed E-state index contributed by atoms with van der Waals surface area (Å²) < 4.78 is 19.7. The first-order valence-corrected chi connectivity index (χ1v) is 10.4. The molecule has 1 amide bonds. The third kappa shape index (κ3) is 4.98. The summed E-state index contributed by atoms with van der Waals surface area (Å²) in [5.74, 6) is -0.398. The van der Waals surface area contributed by atoms with E-state index in [-0.39, 0.29) is 11.7 Å². The Morgan fingerprint density at radius 2 is 1.97 bits per heavy atom. The number of aromatic nitrogens is 1. The maximum absolute atomic E-state index is 13.6. The molecule has 1 aromatic heterocycles. The summed E-state index contributed by atoms with van der Waals surface area (Å²) >= 11 is 0. The molecule has 1 N–H and O–H groups in total. The number of halogens is 1. The van der Waals surface area contributed by atoms with Gasteiger partial charge in [0.25, 0.3) is 5.91 Å². The van der Waals surface area contributed by atoms with E-state index in [1.165, 1.54) is 12.1 Å². The van der Waals surface area contributed by atoms with Gasteiger partial charge in [-0.3, -0.25) is 14.7 Å². The van der Waals surface area contributed by atoms with Crippen LogP contribution in [0.2, 0.25) is 0 Å². The molecule has 1 aliphatic rings. The minimum Gasteiger partial charge on any atom is -0.362 e. The number of morpholine rings is 1. The Labute approximate surface area is 181 Å². The van der Waals surface area contributed by atoms with E-state index in [9.17, 15) is 9.18 Å². The number of likely N-dealkylation sites (N-methyl/N-ethyl adjacent to an activating group) is 1. The van der Waals surface area contributed by atoms with E-state index in [2.05, 4.69) is 15.2 Å². The van der Waals surface area contributed by atoms with Crippen LogP contribution < -0.4 is 5.32 Å². The van der Waals surface area contributed by atoms with Crippen molar-refractivity contribution in [2.24, 2.45) is 0 Å². The summed E-state index contributed by atoms with van der Waals surface area (Å²) in [6.45, 7) is 2.14. The Balaban J connectivity index is 1.53. The molecule has 5 nitrogen and oxygen atoms in total. The minimum atomic E-state index is -0.990. The maximum Gasteiger partial charge on any atom is 0.253 e. The van der Waals surface area contributed by atoms with Crippen molar-refractivity contribution in [1.29, 1.82) is 0 Å². The van der Waals surface area contributed by atoms with E-state index in [4.69, 9.17) is 4.74 Å². The second kappa shape index (κ2) is 9.37. The number of nitrogens with one attached hydrogen (secondary N) is 1. The molecule has 160 valence electrons. The van der Waals surface area contributed by atoms with Crippen LogP contribution >= 0.6 is 0 Å². The summed E-state index contributed by atoms with van der Waals surface area (Å²) in [6, 6.07) is 18.6. The highest BCUT2D eigenvalue weighted by Crippen LogP contribution is 2.27. The third-order valence-corrected chi connectivity index (χ3v) is 5.64. The number of rotatable bonds is 6. The molecule has 0 bridgehead atoms. The van der Waals surface area contributed by atoms with Crippen LogP contribution in [0.15, 0.2) is 73.1 Å². The van der Waals surface area contributed by atoms with Crippen molar-refractivity contribution in [3.8, 4) is 11.1 Å². The van der Waals surface area contributed by atoms with Gasteiger partial charge in [-0.15, -0.1) is 0 Å². The molecule has 1 fully saturated rings. The second-order valence-electron chi connectivity index (χ2n) is 7.88. The number of pyridine rings is 1. The smallest absolute Gasteiger partial charge is 0.253 e. The van der Waals surface area contributed by atoms with Gasteiger partial charge in [-0.05, 0) is 40.5 Å². The Bertz CT molecular complexity index is 1030. The molecule has 0 saturated carbocycles. The van der Waals surface area contributed by atoms with Crippen molar-refractivity contribution < 1.29 is 13.9 Å². The zero-order valence-electron chi connectivity index (χ0n) is 17.6. The van der Waals surface area contributed by atoms with Crippen molar-refractivity contribution in [3.63, 3.8) is 0 Å². The number of nitrogens with zero attached hydrogens (tertiary/aromatic N) is 2. The van der Waals surface area contributed by atoms with Gasteiger partial charge in [-0.2, -0.15) is 0 Å². The van der Waals surface area contributed by atoms with Crippen LogP contribution in [0.5, 0.6) is 0 Å². The summed E-state index contributed by atoms with van der Waals surface area (Å²) in [5, 5.41) is 2.77. The predicted octanol–water partition coefficient (Wildman–Crippen LogP) is 3.45. The van der Waals surface area contributed by atoms with Gasteiger partial charge in [-0.25, -0.2) is 4.39 Å². The second-order valence-corrected chi connectivity index (χ2v) is 7.88. The molecule has 3 aromatic rings. The van der Waals surface area contributed by atoms with E-state index in [0.29, 0.717) is 32.7 Å². The van der Waals surface area contributed by atoms with E-state index in [1.807, 2.05) is 48.7 Å². The first-order valence-electron chi connectivity index (χ1n) is 10.4. The van der Waals surface area contributed by atoms with Crippen LogP contribution in [0.25, 0.3) is 11.1 Å². The molecule has 2 heterocycles. The lowest BCUT2D eigenvalue weighted by molar-refractivity contribution is -0.160. The van der Waals surface area contributed by atoms with Crippen molar-refractivity contribution in [2.75, 3.05) is 26.7 Å². The topological polar surface area (TPSA) is 54.5 Å². The van der Waals surface area contributed by atoms with Crippen LogP contribution in [0, 0.1) is 5.82 Å². The van der Waals surface area contributed by atoms with Crippen LogP contribution in [0.1, 0.15) is 11.1 Å². The van der Waals surface area contributed by atoms with Gasteiger partial charge in [0.15, 0.2) is 5.60 Å². The Morgan fingerprint density at radius 1 is 1.13 bits per heavy atom. The fourth-order valence-electron chi connectivity index (χ4n) is 4.12. The number of ether oxygens (including phenoxy) is 1. The van der Waals surface area contributed by atoms with E-state index < -0.39 is 5.60 Å². The quantitative estimate of drug-likeness (QED) is 0.665. The van der Waals surface area contributed by atoms with E-state index in [1.54, 1.807) is 19.3 Å². The molecule has 1 aliphatic heterocycles. The van der Waals surface area contributed by atoms with Crippen LogP contribution in [0.4, 0.5) is 4.39 Å². The highest BCUT2D eigenvalue weighted by atomic mass is 19.1. The number of amides is 1. The number of hydrogen-bond acceptors (Lipinski definition) is 4. The Morgan fingerprint density at radius 3 is 2.68 bits per heavy atom. The zero-order valence-corrected chi connectivity index (χ0v) is 17.6. The van der Waals surface area contributed by atoms with Crippen LogP contribution in [-0.4, -0.2) is 48.1 Å². The fourth-order valence-corrected chi connectivity index (χ4v) is 4.12. The van der Waals surface area contributed by atoms with Gasteiger partial charge < -0.3 is 10.1 Å². The minimum absolute atomic E-state index is 0.146. The molecule has 1 saturated heterocycles. The highest BCUT2D eigenvalue weighted by Gasteiger charge is 2.43. The molecule has 0 radical (unpaired) electrons. The van der Waals surface area contributed by atoms with Crippen LogP contribution in [0.3, 0.4) is 0 Å². The lowest BCUT2D eigenvalue weighted by Gasteiger charge is -2.41. The molecule has 2 aromatic carbocycles. The number of carbonyl (C=O) groups excluding carboxylic acids is 1. The van der Waals surface area contributed by atoms with Gasteiger partial charge in [0.2, 0.25) is 0 Å². The number of hydrogen-bond donors (Lipinski definition) is 1. The predicted molar refractivity (Wildman–Crippen MR) is 118 cm³/mol. The highest BCUT2D eigenvalue weighted by molar-refractivity contribution is 5.86. The van der Waals surface area contributed by atoms with Gasteiger partial charge in [0.1, 0.15) is 5.82 Å². The SMILES string of the molecule is CNC(=O)C1(Cc2ccc(-c3cccnc3)cc2)CN(Cc2cccc(F)c2)CCO1. The average molecular weight is 420 g/mol. The largest absolute Gasteiger partial charge is 0.362 e. The van der Waals surface area contributed by atoms with E-state index in [0.717, 1.165) is 22.3 Å². The molecule has 1 atom stereocenters. The summed E-state index contributed by atoms with van der Waals surface area (Å²) in [6.07, 6.45) is 4.04. The van der Waals surface area contributed by atoms with Gasteiger partial charge >= 0.3 is 0 Å². The summed E-state index contributed by atoms with van der Waals surface area (Å²) in [4.78, 5) is 19.2. The maximum atomic E-state index is 13.6. The van der Waals surface area contributed by atoms with Crippen molar-refractivity contribution >= 4 is 5.91 Å². The van der Waals surface area contributed by atoms with Crippen LogP contribution in [-0.2, 0) is 22.5 Å². The normalized spacial score (nSPS) is 19.2. The fraction of sp³-hybridized carbons (Fsp3) is 0.280. The number of carbonyl (C=O) groups is 1. The Hall–Kier alpha value is -3.09. The molecule has 0 spiro atoms. The van der Waals surface area contributed by atoms with Gasteiger partial charge in [0.05, 0.1) is 6.61 Å². The van der Waals surface area contributed by atoms with Gasteiger partial charge in [0, 0.05) is 45.5 Å². The summed E-state index contributed by atoms with van der Waals surface area (Å²) in [7, 11) is 1.63. The molecule has 31 heavy (non-hydrogen) atoms. The third-order valence-electron chi connectivity index (χ3n) is 5.64. The van der Waals surface area contributed by atoms with Crippen molar-refractivity contribution in [2.45, 2.75) is 18.6 Å². The molecule has 1 unspecified atom stereocenters. The molecular weight excluding hydrogens is 393 g/mol. The molecule has 6 heteroatoms. The molecule has 0 aliphatic carbocycles.